The molecule has 0 spiro atoms. The van der Waals surface area contributed by atoms with E-state index in [1.807, 2.05) is 0 Å². The minimum Gasteiger partial charge on any atom is -0.475 e. The van der Waals surface area contributed by atoms with Gasteiger partial charge in [0.15, 0.2) is 0 Å². The minimum atomic E-state index is -3.63. The molecular weight excluding hydrogens is 270 g/mol. The van der Waals surface area contributed by atoms with E-state index in [0.29, 0.717) is 6.42 Å². The molecule has 0 aliphatic rings. The molecule has 6 nitrogen and oxygen atoms in total. The molecule has 19 heavy (non-hydrogen) atoms. The summed E-state index contributed by atoms with van der Waals surface area (Å²) in [4.78, 5) is 14.5. The zero-order valence-corrected chi connectivity index (χ0v) is 10.6. The lowest BCUT2D eigenvalue weighted by Gasteiger charge is -2.01. The Balaban J connectivity index is 2.12. The predicted octanol–water partition coefficient (Wildman–Crippen LogP) is 1.39. The quantitative estimate of drug-likeness (QED) is 0.889. The van der Waals surface area contributed by atoms with Gasteiger partial charge in [-0.2, -0.15) is 0 Å². The summed E-state index contributed by atoms with van der Waals surface area (Å²) in [6, 6.07) is 5.77. The second kappa shape index (κ2) is 5.23. The van der Waals surface area contributed by atoms with Gasteiger partial charge >= 0.3 is 5.97 Å². The highest BCUT2D eigenvalue weighted by molar-refractivity contribution is 7.91. The third kappa shape index (κ3) is 3.19. The first-order chi connectivity index (χ1) is 8.99. The number of hydrogen-bond donors (Lipinski definition) is 1. The highest BCUT2D eigenvalue weighted by Gasteiger charge is 2.20. The highest BCUT2D eigenvalue weighted by Crippen LogP contribution is 2.16. The van der Waals surface area contributed by atoms with Gasteiger partial charge in [0.1, 0.15) is 0 Å². The van der Waals surface area contributed by atoms with Gasteiger partial charge in [0.25, 0.3) is 0 Å². The molecule has 0 saturated heterocycles. The largest absolute Gasteiger partial charge is 0.475 e. The van der Waals surface area contributed by atoms with Gasteiger partial charge in [-0.15, -0.1) is 0 Å². The molecule has 0 radical (unpaired) electrons. The molecule has 7 heteroatoms. The number of sulfone groups is 1. The highest BCUT2D eigenvalue weighted by atomic mass is 32.2. The van der Waals surface area contributed by atoms with Gasteiger partial charge in [0.05, 0.1) is 5.75 Å². The van der Waals surface area contributed by atoms with E-state index in [2.05, 4.69) is 4.98 Å². The third-order valence-electron chi connectivity index (χ3n) is 2.48. The fourth-order valence-electron chi connectivity index (χ4n) is 1.50. The van der Waals surface area contributed by atoms with Crippen LogP contribution in [0.2, 0.25) is 0 Å². The zero-order valence-electron chi connectivity index (χ0n) is 9.81. The number of furan rings is 1. The van der Waals surface area contributed by atoms with Crippen LogP contribution in [0.4, 0.5) is 0 Å². The molecule has 1 N–H and O–H groups in total. The van der Waals surface area contributed by atoms with E-state index in [1.165, 1.54) is 0 Å². The van der Waals surface area contributed by atoms with E-state index in [9.17, 15) is 13.2 Å². The van der Waals surface area contributed by atoms with Crippen LogP contribution in [0.3, 0.4) is 0 Å². The van der Waals surface area contributed by atoms with Crippen LogP contribution in [0.5, 0.6) is 0 Å². The average molecular weight is 281 g/mol. The lowest BCUT2D eigenvalue weighted by atomic mass is 10.2. The van der Waals surface area contributed by atoms with Crippen LogP contribution in [0.25, 0.3) is 0 Å². The predicted molar refractivity (Wildman–Crippen MR) is 65.7 cm³/mol. The van der Waals surface area contributed by atoms with Crippen LogP contribution in [0.1, 0.15) is 16.1 Å². The van der Waals surface area contributed by atoms with Gasteiger partial charge in [-0.25, -0.2) is 13.2 Å². The van der Waals surface area contributed by atoms with Crippen molar-refractivity contribution in [2.75, 3.05) is 5.75 Å². The van der Waals surface area contributed by atoms with Crippen molar-refractivity contribution in [3.63, 3.8) is 0 Å². The molecule has 0 amide bonds. The van der Waals surface area contributed by atoms with E-state index in [1.54, 1.807) is 24.5 Å². The number of hydrogen-bond acceptors (Lipinski definition) is 5. The molecular formula is C12H11NO5S. The SMILES string of the molecule is O=C(O)c1ccc(S(=O)(=O)CCc2cccnc2)o1. The summed E-state index contributed by atoms with van der Waals surface area (Å²) in [5, 5.41) is 8.35. The Morgan fingerprint density at radius 3 is 2.68 bits per heavy atom. The van der Waals surface area contributed by atoms with Crippen LogP contribution in [-0.2, 0) is 16.3 Å². The number of aryl methyl sites for hydroxylation is 1. The Hall–Kier alpha value is -2.15. The first kappa shape index (κ1) is 13.3. The molecule has 2 aromatic rings. The van der Waals surface area contributed by atoms with E-state index in [4.69, 9.17) is 9.52 Å². The second-order valence-electron chi connectivity index (χ2n) is 3.85. The molecule has 0 aromatic carbocycles. The number of pyridine rings is 1. The Kier molecular flexibility index (Phi) is 3.66. The lowest BCUT2D eigenvalue weighted by molar-refractivity contribution is 0.0656. The number of aromatic carboxylic acids is 1. The molecule has 100 valence electrons. The van der Waals surface area contributed by atoms with Gasteiger partial charge in [-0.05, 0) is 30.2 Å². The van der Waals surface area contributed by atoms with Crippen LogP contribution in [0, 0.1) is 0 Å². The Bertz CT molecular complexity index is 675. The van der Waals surface area contributed by atoms with Gasteiger partial charge in [-0.3, -0.25) is 4.98 Å². The fourth-order valence-corrected chi connectivity index (χ4v) is 2.70. The zero-order chi connectivity index (χ0) is 13.9. The molecule has 0 unspecified atom stereocenters. The van der Waals surface area contributed by atoms with Crippen molar-refractivity contribution in [3.05, 3.63) is 48.0 Å². The fraction of sp³-hybridized carbons (Fsp3) is 0.167. The number of aromatic nitrogens is 1. The minimum absolute atomic E-state index is 0.161. The van der Waals surface area contributed by atoms with E-state index < -0.39 is 15.8 Å². The smallest absolute Gasteiger partial charge is 0.371 e. The molecule has 2 heterocycles. The first-order valence-corrected chi connectivity index (χ1v) is 7.09. The maximum atomic E-state index is 11.9. The third-order valence-corrected chi connectivity index (χ3v) is 4.05. The number of nitrogens with zero attached hydrogens (tertiary/aromatic N) is 1. The molecule has 0 aliphatic carbocycles. The van der Waals surface area contributed by atoms with Gasteiger partial charge in [0.2, 0.25) is 20.7 Å². The number of carboxylic acids is 1. The molecule has 0 atom stereocenters. The van der Waals surface area contributed by atoms with Gasteiger partial charge < -0.3 is 9.52 Å². The molecule has 0 fully saturated rings. The van der Waals surface area contributed by atoms with Crippen molar-refractivity contribution in [3.8, 4) is 0 Å². The summed E-state index contributed by atoms with van der Waals surface area (Å²) >= 11 is 0. The van der Waals surface area contributed by atoms with Gasteiger partial charge in [-0.1, -0.05) is 6.07 Å². The Labute approximate surface area is 109 Å². The van der Waals surface area contributed by atoms with Gasteiger partial charge in [0, 0.05) is 12.4 Å². The van der Waals surface area contributed by atoms with E-state index >= 15 is 0 Å². The number of rotatable bonds is 5. The summed E-state index contributed by atoms with van der Waals surface area (Å²) in [6.07, 6.45) is 3.48. The van der Waals surface area contributed by atoms with Crippen LogP contribution in [-0.4, -0.2) is 30.2 Å². The molecule has 2 rings (SSSR count). The second-order valence-corrected chi connectivity index (χ2v) is 5.89. The van der Waals surface area contributed by atoms with Crippen molar-refractivity contribution in [2.24, 2.45) is 0 Å². The topological polar surface area (TPSA) is 97.5 Å². The van der Waals surface area contributed by atoms with E-state index in [-0.39, 0.29) is 16.6 Å². The van der Waals surface area contributed by atoms with E-state index in [0.717, 1.165) is 17.7 Å². The summed E-state index contributed by atoms with van der Waals surface area (Å²) in [5.41, 5.74) is 0.788. The van der Waals surface area contributed by atoms with Crippen molar-refractivity contribution in [1.82, 2.24) is 4.98 Å². The van der Waals surface area contributed by atoms with Crippen molar-refractivity contribution >= 4 is 15.8 Å². The van der Waals surface area contributed by atoms with Crippen molar-refractivity contribution < 1.29 is 22.7 Å². The monoisotopic (exact) mass is 281 g/mol. The Morgan fingerprint density at radius 2 is 2.11 bits per heavy atom. The summed E-state index contributed by atoms with van der Waals surface area (Å²) in [6.45, 7) is 0. The molecule has 0 saturated carbocycles. The van der Waals surface area contributed by atoms with Crippen molar-refractivity contribution in [1.29, 1.82) is 0 Å². The summed E-state index contributed by atoms with van der Waals surface area (Å²) in [5.74, 6) is -1.85. The van der Waals surface area contributed by atoms with Crippen LogP contribution >= 0.6 is 0 Å². The standard InChI is InChI=1S/C12H11NO5S/c14-12(15)10-3-4-11(18-10)19(16,17)7-5-9-2-1-6-13-8-9/h1-4,6,8H,5,7H2,(H,14,15). The normalized spacial score (nSPS) is 11.4. The molecule has 2 aromatic heterocycles. The number of carbonyl (C=O) groups is 1. The molecule has 0 bridgehead atoms. The lowest BCUT2D eigenvalue weighted by Crippen LogP contribution is -2.08. The maximum absolute atomic E-state index is 11.9. The number of carboxylic acid groups (broad SMARTS) is 1. The summed E-state index contributed by atoms with van der Waals surface area (Å²) in [7, 11) is -3.63. The maximum Gasteiger partial charge on any atom is 0.371 e. The van der Waals surface area contributed by atoms with Crippen LogP contribution < -0.4 is 0 Å². The van der Waals surface area contributed by atoms with Crippen LogP contribution in [0.15, 0.2) is 46.2 Å². The molecule has 0 aliphatic heterocycles. The Morgan fingerprint density at radius 1 is 1.32 bits per heavy atom. The van der Waals surface area contributed by atoms with Crippen molar-refractivity contribution in [2.45, 2.75) is 11.5 Å². The summed E-state index contributed by atoms with van der Waals surface area (Å²) < 4.78 is 28.7. The first-order valence-electron chi connectivity index (χ1n) is 5.44. The average Bonchev–Trinajstić information content (AvgIpc) is 2.88.